The van der Waals surface area contributed by atoms with Crippen molar-refractivity contribution in [3.05, 3.63) is 53.6 Å². The highest BCUT2D eigenvalue weighted by Gasteiger charge is 2.29. The number of carbonyl (C=O) groups excluding carboxylic acids is 2. The van der Waals surface area contributed by atoms with Crippen LogP contribution in [0.1, 0.15) is 38.3 Å². The molecule has 1 aliphatic heterocycles. The van der Waals surface area contributed by atoms with Crippen molar-refractivity contribution in [1.82, 2.24) is 0 Å². The molecule has 0 aromatic heterocycles. The van der Waals surface area contributed by atoms with Crippen molar-refractivity contribution in [1.29, 1.82) is 0 Å². The lowest BCUT2D eigenvalue weighted by molar-refractivity contribution is -0.117. The smallest absolute Gasteiger partial charge is 0.225 e. The van der Waals surface area contributed by atoms with Crippen molar-refractivity contribution in [2.45, 2.75) is 50.2 Å². The number of hydrogen-bond acceptors (Lipinski definition) is 4. The number of nitrogens with zero attached hydrogens (tertiary/aromatic N) is 1. The van der Waals surface area contributed by atoms with E-state index < -0.39 is 15.1 Å². The minimum atomic E-state index is -3.66. The zero-order chi connectivity index (χ0) is 21.2. The van der Waals surface area contributed by atoms with Crippen molar-refractivity contribution >= 4 is 33.0 Å². The number of anilines is 2. The zero-order valence-electron chi connectivity index (χ0n) is 16.9. The summed E-state index contributed by atoms with van der Waals surface area (Å²) in [6.07, 6.45) is 1.35. The van der Waals surface area contributed by atoms with Crippen LogP contribution < -0.4 is 10.2 Å². The summed E-state index contributed by atoms with van der Waals surface area (Å²) >= 11 is 0. The van der Waals surface area contributed by atoms with E-state index in [-0.39, 0.29) is 23.1 Å². The van der Waals surface area contributed by atoms with Crippen LogP contribution in [0.2, 0.25) is 0 Å². The molecule has 1 heterocycles. The molecule has 1 N–H and O–H groups in total. The van der Waals surface area contributed by atoms with Crippen LogP contribution in [0.3, 0.4) is 0 Å². The molecule has 0 saturated heterocycles. The summed E-state index contributed by atoms with van der Waals surface area (Å²) in [7, 11) is -3.66. The Morgan fingerprint density at radius 1 is 1.17 bits per heavy atom. The van der Waals surface area contributed by atoms with Gasteiger partial charge in [-0.05, 0) is 61.2 Å². The Kier molecular flexibility index (Phi) is 6.07. The molecule has 2 aromatic rings. The number of hydrogen-bond donors (Lipinski definition) is 1. The van der Waals surface area contributed by atoms with Crippen LogP contribution in [0.15, 0.2) is 47.4 Å². The number of fused-ring (bicyclic) bond motifs is 1. The van der Waals surface area contributed by atoms with E-state index in [0.29, 0.717) is 18.7 Å². The van der Waals surface area contributed by atoms with E-state index in [0.717, 1.165) is 23.2 Å². The lowest BCUT2D eigenvalue weighted by Crippen LogP contribution is -2.26. The highest BCUT2D eigenvalue weighted by molar-refractivity contribution is 7.92. The predicted octanol–water partition coefficient (Wildman–Crippen LogP) is 3.35. The first-order valence-electron chi connectivity index (χ1n) is 9.76. The Hall–Kier alpha value is -2.67. The Bertz CT molecular complexity index is 1050. The summed E-state index contributed by atoms with van der Waals surface area (Å²) in [6, 6.07) is 12.4. The Balaban J connectivity index is 1.72. The molecular formula is C22H26N2O4S. The van der Waals surface area contributed by atoms with Crippen LogP contribution in [0, 0.1) is 0 Å². The molecule has 0 radical (unpaired) electrons. The summed E-state index contributed by atoms with van der Waals surface area (Å²) in [4.78, 5) is 25.9. The van der Waals surface area contributed by atoms with Crippen LogP contribution in [0.5, 0.6) is 0 Å². The Labute approximate surface area is 171 Å². The lowest BCUT2D eigenvalue weighted by atomic mass is 10.1. The third-order valence-corrected chi connectivity index (χ3v) is 7.41. The number of amides is 2. The largest absolute Gasteiger partial charge is 0.326 e. The number of sulfone groups is 1. The van der Waals surface area contributed by atoms with E-state index in [9.17, 15) is 18.0 Å². The van der Waals surface area contributed by atoms with Crippen molar-refractivity contribution < 1.29 is 18.0 Å². The molecular weight excluding hydrogens is 388 g/mol. The third kappa shape index (κ3) is 4.50. The average molecular weight is 415 g/mol. The first kappa shape index (κ1) is 21.0. The summed E-state index contributed by atoms with van der Waals surface area (Å²) < 4.78 is 26.0. The SMILES string of the molecule is CCc1cccc(NC(=O)CC(C)S(=O)(=O)c2ccc3c(c2)CCN3C(C)=O)c1. The number of carbonyl (C=O) groups is 2. The molecule has 0 spiro atoms. The molecule has 0 aliphatic carbocycles. The van der Waals surface area contributed by atoms with Gasteiger partial charge in [-0.25, -0.2) is 8.42 Å². The van der Waals surface area contributed by atoms with Crippen LogP contribution >= 0.6 is 0 Å². The molecule has 0 saturated carbocycles. The standard InChI is InChI=1S/C22H26N2O4S/c1-4-17-6-5-7-19(13-17)23-22(26)12-15(2)29(27,28)20-8-9-21-18(14-20)10-11-24(21)16(3)25/h5-9,13-15H,4,10-12H2,1-3H3,(H,23,26). The quantitative estimate of drug-likeness (QED) is 0.786. The Morgan fingerprint density at radius 3 is 2.62 bits per heavy atom. The number of rotatable bonds is 6. The predicted molar refractivity (Wildman–Crippen MR) is 114 cm³/mol. The van der Waals surface area contributed by atoms with Gasteiger partial charge in [0.25, 0.3) is 0 Å². The van der Waals surface area contributed by atoms with Crippen LogP contribution in [0.4, 0.5) is 11.4 Å². The molecule has 154 valence electrons. The van der Waals surface area contributed by atoms with Crippen molar-refractivity contribution in [2.24, 2.45) is 0 Å². The van der Waals surface area contributed by atoms with Crippen molar-refractivity contribution in [3.8, 4) is 0 Å². The van der Waals surface area contributed by atoms with Gasteiger partial charge < -0.3 is 10.2 Å². The van der Waals surface area contributed by atoms with Gasteiger partial charge in [0.2, 0.25) is 11.8 Å². The molecule has 1 aliphatic rings. The molecule has 1 unspecified atom stereocenters. The molecule has 0 bridgehead atoms. The van der Waals surface area contributed by atoms with Crippen LogP contribution in [-0.2, 0) is 32.3 Å². The molecule has 2 amide bonds. The maximum Gasteiger partial charge on any atom is 0.225 e. The van der Waals surface area contributed by atoms with Gasteiger partial charge in [-0.2, -0.15) is 0 Å². The van der Waals surface area contributed by atoms with E-state index in [1.807, 2.05) is 25.1 Å². The van der Waals surface area contributed by atoms with Gasteiger partial charge in [-0.1, -0.05) is 19.1 Å². The van der Waals surface area contributed by atoms with Gasteiger partial charge >= 0.3 is 0 Å². The second-order valence-corrected chi connectivity index (χ2v) is 9.74. The van der Waals surface area contributed by atoms with E-state index in [2.05, 4.69) is 5.32 Å². The monoisotopic (exact) mass is 414 g/mol. The van der Waals surface area contributed by atoms with E-state index in [1.54, 1.807) is 30.0 Å². The van der Waals surface area contributed by atoms with E-state index in [4.69, 9.17) is 0 Å². The molecule has 6 nitrogen and oxygen atoms in total. The first-order chi connectivity index (χ1) is 13.7. The fourth-order valence-corrected chi connectivity index (χ4v) is 4.97. The minimum Gasteiger partial charge on any atom is -0.326 e. The van der Waals surface area contributed by atoms with Gasteiger partial charge in [0.15, 0.2) is 9.84 Å². The second kappa shape index (κ2) is 8.37. The molecule has 3 rings (SSSR count). The van der Waals surface area contributed by atoms with Gasteiger partial charge in [0, 0.05) is 31.3 Å². The van der Waals surface area contributed by atoms with Gasteiger partial charge in [0.05, 0.1) is 10.1 Å². The number of nitrogens with one attached hydrogen (secondary N) is 1. The van der Waals surface area contributed by atoms with Crippen LogP contribution in [0.25, 0.3) is 0 Å². The highest BCUT2D eigenvalue weighted by atomic mass is 32.2. The first-order valence-corrected chi connectivity index (χ1v) is 11.3. The normalized spacial score (nSPS) is 14.4. The molecule has 7 heteroatoms. The molecule has 1 atom stereocenters. The molecule has 0 fully saturated rings. The van der Waals surface area contributed by atoms with Crippen molar-refractivity contribution in [2.75, 3.05) is 16.8 Å². The highest BCUT2D eigenvalue weighted by Crippen LogP contribution is 2.31. The summed E-state index contributed by atoms with van der Waals surface area (Å²) in [5.41, 5.74) is 3.37. The van der Waals surface area contributed by atoms with Crippen LogP contribution in [-0.4, -0.2) is 32.0 Å². The van der Waals surface area contributed by atoms with Gasteiger partial charge in [-0.3, -0.25) is 9.59 Å². The third-order valence-electron chi connectivity index (χ3n) is 5.28. The van der Waals surface area contributed by atoms with Gasteiger partial charge in [0.1, 0.15) is 0 Å². The fraction of sp³-hybridized carbons (Fsp3) is 0.364. The Morgan fingerprint density at radius 2 is 1.93 bits per heavy atom. The van der Waals surface area contributed by atoms with Crippen molar-refractivity contribution in [3.63, 3.8) is 0 Å². The summed E-state index contributed by atoms with van der Waals surface area (Å²) in [5, 5.41) is 1.92. The second-order valence-electron chi connectivity index (χ2n) is 7.37. The number of aryl methyl sites for hydroxylation is 1. The maximum atomic E-state index is 13.0. The average Bonchev–Trinajstić information content (AvgIpc) is 3.11. The summed E-state index contributed by atoms with van der Waals surface area (Å²) in [5.74, 6) is -0.394. The molecule has 2 aromatic carbocycles. The van der Waals surface area contributed by atoms with Gasteiger partial charge in [-0.15, -0.1) is 0 Å². The number of benzene rings is 2. The van der Waals surface area contributed by atoms with E-state index >= 15 is 0 Å². The fourth-order valence-electron chi connectivity index (χ4n) is 3.57. The van der Waals surface area contributed by atoms with E-state index in [1.165, 1.54) is 13.0 Å². The lowest BCUT2D eigenvalue weighted by Gasteiger charge is -2.16. The minimum absolute atomic E-state index is 0.0588. The maximum absolute atomic E-state index is 13.0. The molecule has 29 heavy (non-hydrogen) atoms. The topological polar surface area (TPSA) is 83.6 Å². The zero-order valence-corrected chi connectivity index (χ0v) is 17.8. The summed E-state index contributed by atoms with van der Waals surface area (Å²) in [6.45, 7) is 5.63.